The van der Waals surface area contributed by atoms with E-state index in [9.17, 15) is 9.59 Å². The predicted molar refractivity (Wildman–Crippen MR) is 60.2 cm³/mol. The van der Waals surface area contributed by atoms with Gasteiger partial charge in [0.05, 0.1) is 0 Å². The summed E-state index contributed by atoms with van der Waals surface area (Å²) in [6.07, 6.45) is 3.85. The largest absolute Gasteiger partial charge is 0.481 e. The number of carboxylic acids is 1. The van der Waals surface area contributed by atoms with Crippen LogP contribution in [0.3, 0.4) is 0 Å². The topological polar surface area (TPSA) is 78.4 Å². The molecule has 0 spiro atoms. The van der Waals surface area contributed by atoms with Crippen molar-refractivity contribution >= 4 is 12.0 Å². The van der Waals surface area contributed by atoms with Gasteiger partial charge in [-0.05, 0) is 31.1 Å². The summed E-state index contributed by atoms with van der Waals surface area (Å²) in [7, 11) is 0. The van der Waals surface area contributed by atoms with E-state index in [0.717, 1.165) is 6.54 Å². The van der Waals surface area contributed by atoms with Crippen molar-refractivity contribution in [3.8, 4) is 0 Å². The molecule has 0 aliphatic heterocycles. The fourth-order valence-corrected chi connectivity index (χ4v) is 1.35. The molecule has 1 fully saturated rings. The minimum Gasteiger partial charge on any atom is -0.481 e. The standard InChI is InChI=1S/C11H20N2O3/c1-11(5-6-11)8-13-10(16)12-7-3-2-4-9(14)15/h2-8H2,1H3,(H,14,15)(H2,12,13,16). The summed E-state index contributed by atoms with van der Waals surface area (Å²) < 4.78 is 0. The number of rotatable bonds is 7. The number of hydrogen-bond acceptors (Lipinski definition) is 2. The Morgan fingerprint density at radius 2 is 1.94 bits per heavy atom. The molecule has 1 aliphatic rings. The third-order valence-electron chi connectivity index (χ3n) is 2.88. The van der Waals surface area contributed by atoms with Crippen LogP contribution in [0, 0.1) is 5.41 Å². The highest BCUT2D eigenvalue weighted by Gasteiger charge is 2.37. The van der Waals surface area contributed by atoms with Gasteiger partial charge in [0, 0.05) is 19.5 Å². The van der Waals surface area contributed by atoms with Crippen molar-refractivity contribution in [3.05, 3.63) is 0 Å². The van der Waals surface area contributed by atoms with Gasteiger partial charge in [-0.1, -0.05) is 6.92 Å². The first-order chi connectivity index (χ1) is 7.52. The van der Waals surface area contributed by atoms with Crippen molar-refractivity contribution in [2.45, 2.75) is 39.0 Å². The summed E-state index contributed by atoms with van der Waals surface area (Å²) in [6, 6.07) is -0.150. The van der Waals surface area contributed by atoms with E-state index in [1.165, 1.54) is 12.8 Å². The van der Waals surface area contributed by atoms with E-state index in [2.05, 4.69) is 17.6 Å². The van der Waals surface area contributed by atoms with Crippen LogP contribution in [0.5, 0.6) is 0 Å². The first-order valence-corrected chi connectivity index (χ1v) is 5.75. The molecule has 0 unspecified atom stereocenters. The molecule has 16 heavy (non-hydrogen) atoms. The fraction of sp³-hybridized carbons (Fsp3) is 0.818. The van der Waals surface area contributed by atoms with Crippen molar-refractivity contribution in [2.75, 3.05) is 13.1 Å². The van der Waals surface area contributed by atoms with Gasteiger partial charge in [-0.2, -0.15) is 0 Å². The first-order valence-electron chi connectivity index (χ1n) is 5.75. The maximum atomic E-state index is 11.3. The number of hydrogen-bond donors (Lipinski definition) is 3. The zero-order valence-electron chi connectivity index (χ0n) is 9.71. The van der Waals surface area contributed by atoms with Gasteiger partial charge in [-0.3, -0.25) is 4.79 Å². The fourth-order valence-electron chi connectivity index (χ4n) is 1.35. The minimum atomic E-state index is -0.786. The molecule has 5 heteroatoms. The molecule has 0 saturated heterocycles. The molecule has 1 saturated carbocycles. The molecule has 0 aromatic carbocycles. The SMILES string of the molecule is CC1(CNC(=O)NCCCCC(=O)O)CC1. The molecule has 0 aromatic rings. The minimum absolute atomic E-state index is 0.150. The third-order valence-corrected chi connectivity index (χ3v) is 2.88. The molecule has 1 rings (SSSR count). The lowest BCUT2D eigenvalue weighted by Crippen LogP contribution is -2.38. The smallest absolute Gasteiger partial charge is 0.314 e. The van der Waals surface area contributed by atoms with Crippen molar-refractivity contribution in [1.82, 2.24) is 10.6 Å². The lowest BCUT2D eigenvalue weighted by atomic mass is 10.1. The molecule has 0 aromatic heterocycles. The number of carboxylic acid groups (broad SMARTS) is 1. The average Bonchev–Trinajstić information content (AvgIpc) is 2.93. The van der Waals surface area contributed by atoms with E-state index in [1.807, 2.05) is 0 Å². The van der Waals surface area contributed by atoms with Crippen LogP contribution in [-0.2, 0) is 4.79 Å². The number of amides is 2. The van der Waals surface area contributed by atoms with Gasteiger partial charge in [0.15, 0.2) is 0 Å². The van der Waals surface area contributed by atoms with Crippen LogP contribution >= 0.6 is 0 Å². The second-order valence-corrected chi connectivity index (χ2v) is 4.77. The van der Waals surface area contributed by atoms with Gasteiger partial charge in [-0.25, -0.2) is 4.79 Å². The number of urea groups is 1. The van der Waals surface area contributed by atoms with Gasteiger partial charge in [0.2, 0.25) is 0 Å². The van der Waals surface area contributed by atoms with Crippen LogP contribution in [0.15, 0.2) is 0 Å². The normalized spacial score (nSPS) is 16.6. The van der Waals surface area contributed by atoms with Gasteiger partial charge in [-0.15, -0.1) is 0 Å². The van der Waals surface area contributed by atoms with Crippen LogP contribution in [0.1, 0.15) is 39.0 Å². The van der Waals surface area contributed by atoms with Crippen LogP contribution in [-0.4, -0.2) is 30.2 Å². The van der Waals surface area contributed by atoms with E-state index in [0.29, 0.717) is 24.8 Å². The Kier molecular flexibility index (Phi) is 4.58. The maximum Gasteiger partial charge on any atom is 0.314 e. The summed E-state index contributed by atoms with van der Waals surface area (Å²) in [6.45, 7) is 3.42. The lowest BCUT2D eigenvalue weighted by Gasteiger charge is -2.10. The van der Waals surface area contributed by atoms with Crippen molar-refractivity contribution in [1.29, 1.82) is 0 Å². The molecule has 0 bridgehead atoms. The van der Waals surface area contributed by atoms with Crippen LogP contribution in [0.25, 0.3) is 0 Å². The van der Waals surface area contributed by atoms with Crippen LogP contribution in [0.4, 0.5) is 4.79 Å². The number of nitrogens with one attached hydrogen (secondary N) is 2. The van der Waals surface area contributed by atoms with E-state index in [4.69, 9.17) is 5.11 Å². The quantitative estimate of drug-likeness (QED) is 0.575. The van der Waals surface area contributed by atoms with E-state index >= 15 is 0 Å². The molecular weight excluding hydrogens is 208 g/mol. The Morgan fingerprint density at radius 3 is 2.50 bits per heavy atom. The van der Waals surface area contributed by atoms with Crippen molar-refractivity contribution < 1.29 is 14.7 Å². The van der Waals surface area contributed by atoms with E-state index < -0.39 is 5.97 Å². The molecule has 0 atom stereocenters. The number of carbonyl (C=O) groups is 2. The summed E-state index contributed by atoms with van der Waals surface area (Å²) in [5, 5.41) is 13.9. The first kappa shape index (κ1) is 12.8. The maximum absolute atomic E-state index is 11.3. The van der Waals surface area contributed by atoms with E-state index in [-0.39, 0.29) is 12.5 Å². The molecule has 92 valence electrons. The Bertz CT molecular complexity index is 262. The highest BCUT2D eigenvalue weighted by molar-refractivity contribution is 5.73. The predicted octanol–water partition coefficient (Wildman–Crippen LogP) is 1.34. The van der Waals surface area contributed by atoms with Crippen LogP contribution < -0.4 is 10.6 Å². The molecular formula is C11H20N2O3. The van der Waals surface area contributed by atoms with Crippen molar-refractivity contribution in [2.24, 2.45) is 5.41 Å². The highest BCUT2D eigenvalue weighted by Crippen LogP contribution is 2.43. The van der Waals surface area contributed by atoms with Gasteiger partial charge in [0.1, 0.15) is 0 Å². The third kappa shape index (κ3) is 5.58. The monoisotopic (exact) mass is 228 g/mol. The molecule has 0 radical (unpaired) electrons. The number of aliphatic carboxylic acids is 1. The van der Waals surface area contributed by atoms with Crippen molar-refractivity contribution in [3.63, 3.8) is 0 Å². The Balaban J connectivity index is 1.92. The Labute approximate surface area is 95.6 Å². The Hall–Kier alpha value is -1.26. The number of carbonyl (C=O) groups excluding carboxylic acids is 1. The van der Waals surface area contributed by atoms with Gasteiger partial charge < -0.3 is 15.7 Å². The van der Waals surface area contributed by atoms with Gasteiger partial charge in [0.25, 0.3) is 0 Å². The Morgan fingerprint density at radius 1 is 1.25 bits per heavy atom. The summed E-state index contributed by atoms with van der Waals surface area (Å²) >= 11 is 0. The van der Waals surface area contributed by atoms with Gasteiger partial charge >= 0.3 is 12.0 Å². The molecule has 1 aliphatic carbocycles. The van der Waals surface area contributed by atoms with Crippen LogP contribution in [0.2, 0.25) is 0 Å². The molecule has 3 N–H and O–H groups in total. The summed E-state index contributed by atoms with van der Waals surface area (Å²) in [5.74, 6) is -0.786. The average molecular weight is 228 g/mol. The second-order valence-electron chi connectivity index (χ2n) is 4.77. The van der Waals surface area contributed by atoms with E-state index in [1.54, 1.807) is 0 Å². The zero-order chi connectivity index (χ0) is 12.0. The molecule has 0 heterocycles. The molecule has 5 nitrogen and oxygen atoms in total. The summed E-state index contributed by atoms with van der Waals surface area (Å²) in [4.78, 5) is 21.5. The summed E-state index contributed by atoms with van der Waals surface area (Å²) in [5.41, 5.74) is 0.320. The zero-order valence-corrected chi connectivity index (χ0v) is 9.71. The lowest BCUT2D eigenvalue weighted by molar-refractivity contribution is -0.137. The highest BCUT2D eigenvalue weighted by atomic mass is 16.4. The molecule has 2 amide bonds. The second kappa shape index (κ2) is 5.72. The number of unbranched alkanes of at least 4 members (excludes halogenated alkanes) is 1.